The van der Waals surface area contributed by atoms with Crippen LogP contribution in [-0.4, -0.2) is 23.6 Å². The number of esters is 1. The van der Waals surface area contributed by atoms with Crippen LogP contribution in [0, 0.1) is 0 Å². The SMILES string of the molecule is CCC1(Nc2cc(C(=O)OC)c(N)cn2)CCC1. The molecular weight excluding hydrogens is 230 g/mol. The van der Waals surface area contributed by atoms with Crippen LogP contribution in [0.15, 0.2) is 12.3 Å². The van der Waals surface area contributed by atoms with Crippen LogP contribution < -0.4 is 11.1 Å². The minimum absolute atomic E-state index is 0.135. The van der Waals surface area contributed by atoms with Crippen LogP contribution in [0.2, 0.25) is 0 Å². The number of carbonyl (C=O) groups excluding carboxylic acids is 1. The summed E-state index contributed by atoms with van der Waals surface area (Å²) >= 11 is 0. The summed E-state index contributed by atoms with van der Waals surface area (Å²) in [7, 11) is 1.34. The van der Waals surface area contributed by atoms with Crippen LogP contribution in [-0.2, 0) is 4.74 Å². The van der Waals surface area contributed by atoms with Gasteiger partial charge in [-0.15, -0.1) is 0 Å². The Kier molecular flexibility index (Phi) is 3.41. The van der Waals surface area contributed by atoms with E-state index in [2.05, 4.69) is 17.2 Å². The molecule has 0 aromatic carbocycles. The van der Waals surface area contributed by atoms with E-state index in [0.29, 0.717) is 17.1 Å². The smallest absolute Gasteiger partial charge is 0.340 e. The highest BCUT2D eigenvalue weighted by molar-refractivity contribution is 5.95. The highest BCUT2D eigenvalue weighted by atomic mass is 16.5. The summed E-state index contributed by atoms with van der Waals surface area (Å²) in [4.78, 5) is 15.8. The number of nitrogens with one attached hydrogen (secondary N) is 1. The summed E-state index contributed by atoms with van der Waals surface area (Å²) in [6, 6.07) is 1.66. The molecule has 1 aromatic rings. The fraction of sp³-hybridized carbons (Fsp3) is 0.538. The highest BCUT2D eigenvalue weighted by Gasteiger charge is 2.35. The molecule has 1 aliphatic carbocycles. The van der Waals surface area contributed by atoms with Crippen LogP contribution in [0.1, 0.15) is 43.0 Å². The van der Waals surface area contributed by atoms with Gasteiger partial charge < -0.3 is 15.8 Å². The first-order valence-corrected chi connectivity index (χ1v) is 6.22. The van der Waals surface area contributed by atoms with Crippen molar-refractivity contribution in [3.8, 4) is 0 Å². The first-order chi connectivity index (χ1) is 8.60. The van der Waals surface area contributed by atoms with Gasteiger partial charge in [-0.05, 0) is 31.7 Å². The van der Waals surface area contributed by atoms with Crippen LogP contribution in [0.25, 0.3) is 0 Å². The second kappa shape index (κ2) is 4.84. The van der Waals surface area contributed by atoms with Gasteiger partial charge in [-0.1, -0.05) is 6.92 Å². The van der Waals surface area contributed by atoms with Gasteiger partial charge in [0.05, 0.1) is 24.6 Å². The number of carbonyl (C=O) groups is 1. The lowest BCUT2D eigenvalue weighted by atomic mass is 9.75. The molecule has 18 heavy (non-hydrogen) atoms. The number of pyridine rings is 1. The Hall–Kier alpha value is -1.78. The molecule has 0 radical (unpaired) electrons. The number of nitrogen functional groups attached to an aromatic ring is 1. The average molecular weight is 249 g/mol. The minimum atomic E-state index is -0.433. The third-order valence-corrected chi connectivity index (χ3v) is 3.72. The zero-order chi connectivity index (χ0) is 13.2. The lowest BCUT2D eigenvalue weighted by Gasteiger charge is -2.42. The van der Waals surface area contributed by atoms with E-state index in [4.69, 9.17) is 10.5 Å². The summed E-state index contributed by atoms with van der Waals surface area (Å²) in [5.41, 5.74) is 6.55. The summed E-state index contributed by atoms with van der Waals surface area (Å²) in [6.07, 6.45) is 6.06. The minimum Gasteiger partial charge on any atom is -0.465 e. The molecule has 1 aromatic heterocycles. The van der Waals surface area contributed by atoms with Crippen molar-refractivity contribution < 1.29 is 9.53 Å². The summed E-state index contributed by atoms with van der Waals surface area (Å²) in [6.45, 7) is 2.16. The van der Waals surface area contributed by atoms with Crippen molar-refractivity contribution in [1.29, 1.82) is 0 Å². The Morgan fingerprint density at radius 3 is 2.83 bits per heavy atom. The molecule has 0 spiro atoms. The molecule has 1 saturated carbocycles. The largest absolute Gasteiger partial charge is 0.465 e. The molecule has 3 N–H and O–H groups in total. The summed E-state index contributed by atoms with van der Waals surface area (Å²) in [5, 5.41) is 3.41. The van der Waals surface area contributed by atoms with Crippen LogP contribution >= 0.6 is 0 Å². The maximum atomic E-state index is 11.5. The fourth-order valence-corrected chi connectivity index (χ4v) is 2.26. The standard InChI is InChI=1S/C13H19N3O2/c1-3-13(5-4-6-13)16-11-7-9(12(17)18-2)10(14)8-15-11/h7-8H,3-6,14H2,1-2H3,(H,15,16). The number of hydrogen-bond acceptors (Lipinski definition) is 5. The zero-order valence-corrected chi connectivity index (χ0v) is 10.8. The Balaban J connectivity index is 2.21. The third-order valence-electron chi connectivity index (χ3n) is 3.72. The second-order valence-electron chi connectivity index (χ2n) is 4.76. The second-order valence-corrected chi connectivity index (χ2v) is 4.76. The van der Waals surface area contributed by atoms with Crippen molar-refractivity contribution in [2.24, 2.45) is 0 Å². The van der Waals surface area contributed by atoms with Crippen molar-refractivity contribution in [2.45, 2.75) is 38.1 Å². The quantitative estimate of drug-likeness (QED) is 0.800. The number of anilines is 2. The van der Waals surface area contributed by atoms with Crippen molar-refractivity contribution in [3.05, 3.63) is 17.8 Å². The predicted molar refractivity (Wildman–Crippen MR) is 70.5 cm³/mol. The summed E-state index contributed by atoms with van der Waals surface area (Å²) < 4.78 is 4.69. The van der Waals surface area contributed by atoms with Gasteiger partial charge in [0, 0.05) is 5.54 Å². The van der Waals surface area contributed by atoms with Crippen LogP contribution in [0.4, 0.5) is 11.5 Å². The van der Waals surface area contributed by atoms with Gasteiger partial charge in [-0.25, -0.2) is 9.78 Å². The molecule has 1 aliphatic rings. The molecule has 1 fully saturated rings. The van der Waals surface area contributed by atoms with Gasteiger partial charge >= 0.3 is 5.97 Å². The number of rotatable bonds is 4. The van der Waals surface area contributed by atoms with E-state index in [-0.39, 0.29) is 5.54 Å². The Bertz CT molecular complexity index is 450. The maximum absolute atomic E-state index is 11.5. The molecular formula is C13H19N3O2. The number of ether oxygens (including phenoxy) is 1. The van der Waals surface area contributed by atoms with E-state index in [1.165, 1.54) is 19.7 Å². The molecule has 0 aliphatic heterocycles. The van der Waals surface area contributed by atoms with Gasteiger partial charge in [0.15, 0.2) is 0 Å². The molecule has 0 bridgehead atoms. The number of aromatic nitrogens is 1. The Morgan fingerprint density at radius 1 is 1.61 bits per heavy atom. The van der Waals surface area contributed by atoms with E-state index < -0.39 is 5.97 Å². The van der Waals surface area contributed by atoms with E-state index in [1.807, 2.05) is 0 Å². The number of nitrogens with two attached hydrogens (primary N) is 1. The molecule has 5 heteroatoms. The van der Waals surface area contributed by atoms with Gasteiger partial charge in [0.2, 0.25) is 0 Å². The lowest BCUT2D eigenvalue weighted by molar-refractivity contribution is 0.0602. The Morgan fingerprint density at radius 2 is 2.33 bits per heavy atom. The molecule has 1 heterocycles. The van der Waals surface area contributed by atoms with Gasteiger partial charge in [-0.3, -0.25) is 0 Å². The Labute approximate surface area is 107 Å². The molecule has 0 unspecified atom stereocenters. The molecule has 2 rings (SSSR count). The highest BCUT2D eigenvalue weighted by Crippen LogP contribution is 2.37. The molecule has 98 valence electrons. The van der Waals surface area contributed by atoms with Crippen LogP contribution in [0.5, 0.6) is 0 Å². The number of hydrogen-bond donors (Lipinski definition) is 2. The van der Waals surface area contributed by atoms with Crippen molar-refractivity contribution in [2.75, 3.05) is 18.2 Å². The number of methoxy groups -OCH3 is 1. The summed E-state index contributed by atoms with van der Waals surface area (Å²) in [5.74, 6) is 0.253. The normalized spacial score (nSPS) is 16.8. The first-order valence-electron chi connectivity index (χ1n) is 6.22. The van der Waals surface area contributed by atoms with Crippen molar-refractivity contribution >= 4 is 17.5 Å². The van der Waals surface area contributed by atoms with E-state index in [0.717, 1.165) is 19.3 Å². The molecule has 0 amide bonds. The first kappa shape index (κ1) is 12.7. The van der Waals surface area contributed by atoms with Gasteiger partial charge in [0.1, 0.15) is 5.82 Å². The average Bonchev–Trinajstić information content (AvgIpc) is 2.35. The van der Waals surface area contributed by atoms with Crippen molar-refractivity contribution in [1.82, 2.24) is 4.98 Å². The zero-order valence-electron chi connectivity index (χ0n) is 10.8. The van der Waals surface area contributed by atoms with E-state index in [1.54, 1.807) is 6.07 Å². The molecule has 5 nitrogen and oxygen atoms in total. The third kappa shape index (κ3) is 2.25. The topological polar surface area (TPSA) is 77.2 Å². The lowest BCUT2D eigenvalue weighted by Crippen LogP contribution is -2.44. The van der Waals surface area contributed by atoms with E-state index in [9.17, 15) is 4.79 Å². The molecule has 0 atom stereocenters. The predicted octanol–water partition coefficient (Wildman–Crippen LogP) is 2.20. The number of nitrogens with zero attached hydrogens (tertiary/aromatic N) is 1. The fourth-order valence-electron chi connectivity index (χ4n) is 2.26. The van der Waals surface area contributed by atoms with Crippen molar-refractivity contribution in [3.63, 3.8) is 0 Å². The van der Waals surface area contributed by atoms with Gasteiger partial charge in [-0.2, -0.15) is 0 Å². The van der Waals surface area contributed by atoms with Crippen LogP contribution in [0.3, 0.4) is 0 Å². The monoisotopic (exact) mass is 249 g/mol. The maximum Gasteiger partial charge on any atom is 0.340 e. The molecule has 0 saturated heterocycles. The van der Waals surface area contributed by atoms with Gasteiger partial charge in [0.25, 0.3) is 0 Å². The van der Waals surface area contributed by atoms with E-state index >= 15 is 0 Å².